The van der Waals surface area contributed by atoms with E-state index in [1.54, 1.807) is 27.6 Å². The third-order valence-electron chi connectivity index (χ3n) is 2.02. The van der Waals surface area contributed by atoms with Crippen molar-refractivity contribution in [3.05, 3.63) is 0 Å². The molecule has 2 nitrogen and oxygen atoms in total. The van der Waals surface area contributed by atoms with E-state index in [1.165, 1.54) is 38.5 Å². The molecule has 0 aromatic carbocycles. The summed E-state index contributed by atoms with van der Waals surface area (Å²) in [5.74, 6) is 2.13. The van der Waals surface area contributed by atoms with Gasteiger partial charge in [-0.2, -0.15) is 0 Å². The van der Waals surface area contributed by atoms with E-state index in [0.717, 1.165) is 17.9 Å². The number of carbonyl (C=O) groups is 1. The molecule has 0 unspecified atom stereocenters. The highest BCUT2D eigenvalue weighted by Crippen LogP contribution is 2.21. The summed E-state index contributed by atoms with van der Waals surface area (Å²) in [5, 5.41) is 0. The Morgan fingerprint density at radius 3 is 1.73 bits per heavy atom. The molecule has 1 amide bonds. The molecule has 0 aliphatic rings. The molecule has 90 valence electrons. The summed E-state index contributed by atoms with van der Waals surface area (Å²) in [4.78, 5) is 10.7. The van der Waals surface area contributed by atoms with Crippen LogP contribution < -0.4 is 0 Å². The van der Waals surface area contributed by atoms with Crippen LogP contribution in [0.3, 0.4) is 0 Å². The van der Waals surface area contributed by atoms with Crippen LogP contribution in [-0.2, 0) is 4.79 Å². The van der Waals surface area contributed by atoms with E-state index in [1.807, 2.05) is 0 Å². The first-order valence-corrected chi connectivity index (χ1v) is 7.74. The number of unbranched alkanes of at least 4 members (excludes halogenated alkanes) is 4. The zero-order valence-electron chi connectivity index (χ0n) is 9.91. The Bertz CT molecular complexity index is 133. The lowest BCUT2D eigenvalue weighted by Gasteiger charge is -2.13. The number of hydrogen-bond acceptors (Lipinski definition) is 3. The number of hydrogen-bond donors (Lipinski definition) is 0. The first-order valence-electron chi connectivity index (χ1n) is 5.85. The highest BCUT2D eigenvalue weighted by molar-refractivity contribution is 8.12. The Hall–Kier alpha value is 0.170. The number of rotatable bonds is 11. The van der Waals surface area contributed by atoms with E-state index in [-0.39, 0.29) is 0 Å². The fraction of sp³-hybridized carbons (Fsp3) is 0.909. The molecular formula is C11H23NOS2. The summed E-state index contributed by atoms with van der Waals surface area (Å²) in [6.45, 7) is 4.39. The van der Waals surface area contributed by atoms with Gasteiger partial charge in [0.1, 0.15) is 0 Å². The first-order chi connectivity index (χ1) is 7.35. The fourth-order valence-electron chi connectivity index (χ4n) is 1.11. The van der Waals surface area contributed by atoms with Gasteiger partial charge in [-0.05, 0) is 36.7 Å². The van der Waals surface area contributed by atoms with Gasteiger partial charge in [0.05, 0.1) is 0 Å². The minimum Gasteiger partial charge on any atom is -0.277 e. The van der Waals surface area contributed by atoms with Crippen molar-refractivity contribution in [3.63, 3.8) is 0 Å². The van der Waals surface area contributed by atoms with E-state index >= 15 is 0 Å². The van der Waals surface area contributed by atoms with Crippen molar-refractivity contribution in [2.24, 2.45) is 0 Å². The van der Waals surface area contributed by atoms with Gasteiger partial charge in [-0.25, -0.2) is 3.71 Å². The van der Waals surface area contributed by atoms with E-state index in [2.05, 4.69) is 13.8 Å². The van der Waals surface area contributed by atoms with Crippen molar-refractivity contribution in [3.8, 4) is 0 Å². The molecule has 15 heavy (non-hydrogen) atoms. The van der Waals surface area contributed by atoms with Crippen molar-refractivity contribution in [1.29, 1.82) is 0 Å². The topological polar surface area (TPSA) is 20.3 Å². The Morgan fingerprint density at radius 1 is 0.933 bits per heavy atom. The van der Waals surface area contributed by atoms with E-state index in [0.29, 0.717) is 0 Å². The maximum Gasteiger partial charge on any atom is 0.229 e. The van der Waals surface area contributed by atoms with Gasteiger partial charge in [-0.3, -0.25) is 4.79 Å². The van der Waals surface area contributed by atoms with Crippen molar-refractivity contribution in [2.75, 3.05) is 11.5 Å². The third kappa shape index (κ3) is 10.5. The smallest absolute Gasteiger partial charge is 0.229 e. The van der Waals surface area contributed by atoms with Crippen LogP contribution in [0, 0.1) is 0 Å². The number of carbonyl (C=O) groups excluding carboxylic acids is 1. The lowest BCUT2D eigenvalue weighted by Crippen LogP contribution is -2.05. The van der Waals surface area contributed by atoms with Gasteiger partial charge in [-0.1, -0.05) is 39.5 Å². The summed E-state index contributed by atoms with van der Waals surface area (Å²) < 4.78 is 1.77. The molecule has 0 N–H and O–H groups in total. The van der Waals surface area contributed by atoms with Gasteiger partial charge in [0.2, 0.25) is 6.41 Å². The highest BCUT2D eigenvalue weighted by Gasteiger charge is 2.02. The van der Waals surface area contributed by atoms with Crippen LogP contribution in [0.5, 0.6) is 0 Å². The second-order valence-electron chi connectivity index (χ2n) is 3.47. The maximum atomic E-state index is 10.7. The Labute approximate surface area is 103 Å². The standard InChI is InChI=1S/C11H23NOS2/c1-3-5-7-9-14-12(11-13)15-10-8-6-4-2/h11H,3-10H2,1-2H3. The molecule has 0 rings (SSSR count). The minimum absolute atomic E-state index is 0.938. The molecule has 0 aliphatic heterocycles. The largest absolute Gasteiger partial charge is 0.277 e. The monoisotopic (exact) mass is 249 g/mol. The molecule has 0 radical (unpaired) electrons. The van der Waals surface area contributed by atoms with Crippen molar-refractivity contribution in [2.45, 2.75) is 52.4 Å². The van der Waals surface area contributed by atoms with Gasteiger partial charge >= 0.3 is 0 Å². The van der Waals surface area contributed by atoms with Crippen molar-refractivity contribution < 1.29 is 4.79 Å². The van der Waals surface area contributed by atoms with Crippen LogP contribution in [0.4, 0.5) is 0 Å². The molecule has 0 saturated carbocycles. The quantitative estimate of drug-likeness (QED) is 0.312. The lowest BCUT2D eigenvalue weighted by molar-refractivity contribution is -0.110. The average molecular weight is 249 g/mol. The molecular weight excluding hydrogens is 226 g/mol. The maximum absolute atomic E-state index is 10.7. The van der Waals surface area contributed by atoms with Gasteiger partial charge in [0, 0.05) is 11.5 Å². The predicted octanol–water partition coefficient (Wildman–Crippen LogP) is 4.12. The molecule has 0 bridgehead atoms. The first kappa shape index (κ1) is 15.2. The second kappa shape index (κ2) is 12.2. The van der Waals surface area contributed by atoms with Crippen LogP contribution in [0.2, 0.25) is 0 Å². The molecule has 0 atom stereocenters. The Balaban J connectivity index is 3.34. The van der Waals surface area contributed by atoms with Crippen LogP contribution in [-0.4, -0.2) is 21.6 Å². The van der Waals surface area contributed by atoms with Gasteiger partial charge in [0.15, 0.2) is 0 Å². The molecule has 0 aliphatic carbocycles. The summed E-state index contributed by atoms with van der Waals surface area (Å²) in [5.41, 5.74) is 0. The zero-order chi connectivity index (χ0) is 11.4. The molecule has 0 heterocycles. The van der Waals surface area contributed by atoms with E-state index in [9.17, 15) is 4.79 Å². The van der Waals surface area contributed by atoms with Gasteiger partial charge in [-0.15, -0.1) is 0 Å². The lowest BCUT2D eigenvalue weighted by atomic mass is 10.3. The van der Waals surface area contributed by atoms with Crippen molar-refractivity contribution >= 4 is 30.3 Å². The normalized spacial score (nSPS) is 10.3. The van der Waals surface area contributed by atoms with Crippen LogP contribution >= 0.6 is 23.9 Å². The summed E-state index contributed by atoms with van der Waals surface area (Å²) in [7, 11) is 0. The van der Waals surface area contributed by atoms with Crippen molar-refractivity contribution in [1.82, 2.24) is 3.71 Å². The molecule has 0 aromatic heterocycles. The van der Waals surface area contributed by atoms with E-state index < -0.39 is 0 Å². The molecule has 0 aromatic rings. The number of nitrogens with zero attached hydrogens (tertiary/aromatic N) is 1. The summed E-state index contributed by atoms with van der Waals surface area (Å²) in [6.07, 6.45) is 8.37. The van der Waals surface area contributed by atoms with Crippen LogP contribution in [0.15, 0.2) is 0 Å². The summed E-state index contributed by atoms with van der Waals surface area (Å²) in [6, 6.07) is 0. The average Bonchev–Trinajstić information content (AvgIpc) is 2.27. The molecule has 0 fully saturated rings. The SMILES string of the molecule is CCCCCSN(C=O)SCCCCC. The number of amides is 1. The summed E-state index contributed by atoms with van der Waals surface area (Å²) >= 11 is 3.30. The fourth-order valence-corrected chi connectivity index (χ4v) is 3.00. The minimum atomic E-state index is 0.938. The van der Waals surface area contributed by atoms with Gasteiger partial charge in [0.25, 0.3) is 0 Å². The molecule has 0 saturated heterocycles. The van der Waals surface area contributed by atoms with Crippen LogP contribution in [0.1, 0.15) is 52.4 Å². The van der Waals surface area contributed by atoms with Crippen LogP contribution in [0.25, 0.3) is 0 Å². The zero-order valence-corrected chi connectivity index (χ0v) is 11.5. The second-order valence-corrected chi connectivity index (χ2v) is 5.82. The van der Waals surface area contributed by atoms with Gasteiger partial charge < -0.3 is 0 Å². The Kier molecular flexibility index (Phi) is 12.4. The molecule has 4 heteroatoms. The third-order valence-corrected chi connectivity index (χ3v) is 4.27. The molecule has 0 spiro atoms. The highest BCUT2D eigenvalue weighted by atomic mass is 32.2. The van der Waals surface area contributed by atoms with E-state index in [4.69, 9.17) is 0 Å². The Morgan fingerprint density at radius 2 is 1.40 bits per heavy atom. The predicted molar refractivity (Wildman–Crippen MR) is 71.9 cm³/mol.